The van der Waals surface area contributed by atoms with Crippen molar-refractivity contribution in [1.29, 1.82) is 0 Å². The monoisotopic (exact) mass is 252 g/mol. The second-order valence-electron chi connectivity index (χ2n) is 4.69. The van der Waals surface area contributed by atoms with Gasteiger partial charge in [-0.25, -0.2) is 0 Å². The summed E-state index contributed by atoms with van der Waals surface area (Å²) in [5, 5.41) is 8.87. The van der Waals surface area contributed by atoms with Crippen molar-refractivity contribution in [2.24, 2.45) is 7.05 Å². The van der Waals surface area contributed by atoms with E-state index in [1.165, 1.54) is 5.56 Å². The summed E-state index contributed by atoms with van der Waals surface area (Å²) >= 11 is 0. The summed E-state index contributed by atoms with van der Waals surface area (Å²) in [4.78, 5) is 4.37. The summed E-state index contributed by atoms with van der Waals surface area (Å²) in [6.45, 7) is 2.13. The quantitative estimate of drug-likeness (QED) is 0.778. The molecule has 96 valence electrons. The SMILES string of the molecule is CC(Nc1cccc2ncccc12)c1cnn(C)c1. The molecule has 1 atom stereocenters. The fraction of sp³-hybridized carbons (Fsp3) is 0.200. The van der Waals surface area contributed by atoms with E-state index in [4.69, 9.17) is 0 Å². The van der Waals surface area contributed by atoms with Crippen molar-refractivity contribution in [2.45, 2.75) is 13.0 Å². The third-order valence-corrected chi connectivity index (χ3v) is 3.24. The van der Waals surface area contributed by atoms with E-state index in [-0.39, 0.29) is 6.04 Å². The Kier molecular flexibility index (Phi) is 2.91. The van der Waals surface area contributed by atoms with Gasteiger partial charge in [-0.05, 0) is 31.2 Å². The number of aromatic nitrogens is 3. The van der Waals surface area contributed by atoms with Crippen LogP contribution in [0.1, 0.15) is 18.5 Å². The predicted molar refractivity (Wildman–Crippen MR) is 77.0 cm³/mol. The molecule has 0 bridgehead atoms. The third-order valence-electron chi connectivity index (χ3n) is 3.24. The van der Waals surface area contributed by atoms with Crippen LogP contribution in [0.15, 0.2) is 48.9 Å². The number of hydrogen-bond donors (Lipinski definition) is 1. The molecule has 4 nitrogen and oxygen atoms in total. The van der Waals surface area contributed by atoms with Gasteiger partial charge in [0.25, 0.3) is 0 Å². The minimum absolute atomic E-state index is 0.208. The average molecular weight is 252 g/mol. The van der Waals surface area contributed by atoms with E-state index in [0.717, 1.165) is 16.6 Å². The van der Waals surface area contributed by atoms with Crippen molar-refractivity contribution < 1.29 is 0 Å². The van der Waals surface area contributed by atoms with Crippen molar-refractivity contribution in [1.82, 2.24) is 14.8 Å². The minimum atomic E-state index is 0.208. The van der Waals surface area contributed by atoms with Crippen LogP contribution in [0.5, 0.6) is 0 Å². The van der Waals surface area contributed by atoms with Gasteiger partial charge in [0.1, 0.15) is 0 Å². The molecular formula is C15H16N4. The summed E-state index contributed by atoms with van der Waals surface area (Å²) in [5.41, 5.74) is 3.27. The molecule has 0 amide bonds. The van der Waals surface area contributed by atoms with E-state index < -0.39 is 0 Å². The number of rotatable bonds is 3. The van der Waals surface area contributed by atoms with Crippen LogP contribution in [-0.2, 0) is 7.05 Å². The summed E-state index contributed by atoms with van der Waals surface area (Å²) < 4.78 is 1.82. The fourth-order valence-corrected chi connectivity index (χ4v) is 2.21. The molecule has 1 N–H and O–H groups in total. The highest BCUT2D eigenvalue weighted by Crippen LogP contribution is 2.25. The Labute approximate surface area is 112 Å². The van der Waals surface area contributed by atoms with Crippen molar-refractivity contribution >= 4 is 16.6 Å². The average Bonchev–Trinajstić information content (AvgIpc) is 2.86. The van der Waals surface area contributed by atoms with Crippen LogP contribution in [0.2, 0.25) is 0 Å². The van der Waals surface area contributed by atoms with Crippen molar-refractivity contribution in [3.63, 3.8) is 0 Å². The highest BCUT2D eigenvalue weighted by atomic mass is 15.2. The van der Waals surface area contributed by atoms with Crippen molar-refractivity contribution in [3.8, 4) is 0 Å². The fourth-order valence-electron chi connectivity index (χ4n) is 2.21. The smallest absolute Gasteiger partial charge is 0.0722 e. The Balaban J connectivity index is 1.93. The zero-order valence-electron chi connectivity index (χ0n) is 11.0. The highest BCUT2D eigenvalue weighted by molar-refractivity contribution is 5.91. The Morgan fingerprint density at radius 2 is 2.11 bits per heavy atom. The molecule has 0 aliphatic heterocycles. The Morgan fingerprint density at radius 3 is 2.89 bits per heavy atom. The number of nitrogens with zero attached hydrogens (tertiary/aromatic N) is 3. The zero-order valence-corrected chi connectivity index (χ0v) is 11.0. The number of benzene rings is 1. The first-order valence-corrected chi connectivity index (χ1v) is 6.33. The van der Waals surface area contributed by atoms with Gasteiger partial charge < -0.3 is 5.32 Å². The molecule has 0 saturated carbocycles. The van der Waals surface area contributed by atoms with Gasteiger partial charge in [0.15, 0.2) is 0 Å². The first-order valence-electron chi connectivity index (χ1n) is 6.33. The van der Waals surface area contributed by atoms with Crippen LogP contribution in [-0.4, -0.2) is 14.8 Å². The maximum atomic E-state index is 4.37. The molecule has 3 aromatic rings. The molecule has 0 spiro atoms. The molecule has 2 heterocycles. The molecule has 19 heavy (non-hydrogen) atoms. The first-order chi connectivity index (χ1) is 9.24. The molecule has 2 aromatic heterocycles. The van der Waals surface area contributed by atoms with Gasteiger partial charge in [-0.2, -0.15) is 5.10 Å². The maximum Gasteiger partial charge on any atom is 0.0722 e. The van der Waals surface area contributed by atoms with Crippen molar-refractivity contribution in [3.05, 3.63) is 54.5 Å². The maximum absolute atomic E-state index is 4.37. The summed E-state index contributed by atoms with van der Waals surface area (Å²) in [6.07, 6.45) is 5.73. The number of hydrogen-bond acceptors (Lipinski definition) is 3. The molecular weight excluding hydrogens is 236 g/mol. The summed E-state index contributed by atoms with van der Waals surface area (Å²) in [5.74, 6) is 0. The normalized spacial score (nSPS) is 12.5. The van der Waals surface area contributed by atoms with E-state index in [1.807, 2.05) is 48.5 Å². The Bertz CT molecular complexity index is 697. The van der Waals surface area contributed by atoms with E-state index in [1.54, 1.807) is 0 Å². The van der Waals surface area contributed by atoms with Gasteiger partial charge in [0.2, 0.25) is 0 Å². The molecule has 0 aliphatic carbocycles. The molecule has 0 aliphatic rings. The molecule has 1 unspecified atom stereocenters. The van der Waals surface area contributed by atoms with Crippen LogP contribution in [0.3, 0.4) is 0 Å². The Morgan fingerprint density at radius 1 is 1.21 bits per heavy atom. The minimum Gasteiger partial charge on any atom is -0.378 e. The Hall–Kier alpha value is -2.36. The first kappa shape index (κ1) is 11.7. The lowest BCUT2D eigenvalue weighted by Crippen LogP contribution is -2.06. The third kappa shape index (κ3) is 2.29. The van der Waals surface area contributed by atoms with E-state index >= 15 is 0 Å². The second-order valence-corrected chi connectivity index (χ2v) is 4.69. The molecule has 4 heteroatoms. The van der Waals surface area contributed by atoms with Gasteiger partial charge in [-0.3, -0.25) is 9.67 Å². The van der Waals surface area contributed by atoms with E-state index in [9.17, 15) is 0 Å². The predicted octanol–water partition coefficient (Wildman–Crippen LogP) is 3.14. The number of nitrogens with one attached hydrogen (secondary N) is 1. The van der Waals surface area contributed by atoms with Crippen LogP contribution in [0.4, 0.5) is 5.69 Å². The second kappa shape index (κ2) is 4.72. The van der Waals surface area contributed by atoms with Gasteiger partial charge in [-0.15, -0.1) is 0 Å². The van der Waals surface area contributed by atoms with Crippen LogP contribution in [0.25, 0.3) is 10.9 Å². The molecule has 0 fully saturated rings. The summed E-state index contributed by atoms with van der Waals surface area (Å²) in [6, 6.07) is 10.4. The number of pyridine rings is 1. The molecule has 1 aromatic carbocycles. The lowest BCUT2D eigenvalue weighted by atomic mass is 10.1. The standard InChI is InChI=1S/C15H16N4/c1-11(12-9-17-19(2)10-12)18-15-7-3-6-14-13(15)5-4-8-16-14/h3-11,18H,1-2H3. The summed E-state index contributed by atoms with van der Waals surface area (Å²) in [7, 11) is 1.93. The van der Waals surface area contributed by atoms with Gasteiger partial charge in [0, 0.05) is 36.1 Å². The van der Waals surface area contributed by atoms with Gasteiger partial charge >= 0.3 is 0 Å². The number of aryl methyl sites for hydroxylation is 1. The lowest BCUT2D eigenvalue weighted by Gasteiger charge is -2.15. The highest BCUT2D eigenvalue weighted by Gasteiger charge is 2.09. The van der Waals surface area contributed by atoms with E-state index in [2.05, 4.69) is 34.5 Å². The molecule has 0 saturated heterocycles. The van der Waals surface area contributed by atoms with E-state index in [0.29, 0.717) is 0 Å². The van der Waals surface area contributed by atoms with Crippen molar-refractivity contribution in [2.75, 3.05) is 5.32 Å². The van der Waals surface area contributed by atoms with Crippen LogP contribution < -0.4 is 5.32 Å². The molecule has 3 rings (SSSR count). The largest absolute Gasteiger partial charge is 0.378 e. The van der Waals surface area contributed by atoms with Gasteiger partial charge in [-0.1, -0.05) is 6.07 Å². The lowest BCUT2D eigenvalue weighted by molar-refractivity contribution is 0.765. The number of anilines is 1. The zero-order chi connectivity index (χ0) is 13.2. The number of fused-ring (bicyclic) bond motifs is 1. The van der Waals surface area contributed by atoms with Gasteiger partial charge in [0.05, 0.1) is 17.8 Å². The topological polar surface area (TPSA) is 42.7 Å². The molecule has 0 radical (unpaired) electrons. The van der Waals surface area contributed by atoms with Crippen LogP contribution >= 0.6 is 0 Å². The van der Waals surface area contributed by atoms with Crippen LogP contribution in [0, 0.1) is 0 Å².